The zero-order chi connectivity index (χ0) is 21.6. The average molecular weight is 398 g/mol. The number of rotatable bonds is 8. The van der Waals surface area contributed by atoms with Crippen molar-refractivity contribution in [3.63, 3.8) is 0 Å². The van der Waals surface area contributed by atoms with Crippen LogP contribution in [0.4, 0.5) is 5.69 Å². The molecule has 0 bridgehead atoms. The number of likely N-dealkylation sites (N-methyl/N-ethyl adjacent to an activating group) is 1. The van der Waals surface area contributed by atoms with E-state index in [1.165, 1.54) is 0 Å². The number of nitrogens with zero attached hydrogens (tertiary/aromatic N) is 1. The number of anilines is 1. The second kappa shape index (κ2) is 10.1. The molecule has 0 fully saturated rings. The molecule has 0 aromatic heterocycles. The number of para-hydroxylation sites is 1. The van der Waals surface area contributed by atoms with Crippen LogP contribution in [0.1, 0.15) is 36.6 Å². The molecule has 0 radical (unpaired) electrons. The highest BCUT2D eigenvalue weighted by molar-refractivity contribution is 5.93. The van der Waals surface area contributed by atoms with Crippen molar-refractivity contribution in [1.82, 2.24) is 10.2 Å². The molecular formula is C23H31N3O3. The lowest BCUT2D eigenvalue weighted by Gasteiger charge is -2.26. The maximum Gasteiger partial charge on any atom is 0.238 e. The molecule has 0 aliphatic heterocycles. The van der Waals surface area contributed by atoms with Crippen LogP contribution in [-0.2, 0) is 9.59 Å². The van der Waals surface area contributed by atoms with Crippen LogP contribution < -0.4 is 15.4 Å². The minimum absolute atomic E-state index is 0.116. The first-order valence-electron chi connectivity index (χ1n) is 9.74. The van der Waals surface area contributed by atoms with Gasteiger partial charge in [0.2, 0.25) is 11.8 Å². The van der Waals surface area contributed by atoms with E-state index in [1.807, 2.05) is 63.2 Å². The summed E-state index contributed by atoms with van der Waals surface area (Å²) in [5, 5.41) is 5.93. The summed E-state index contributed by atoms with van der Waals surface area (Å²) in [7, 11) is 3.37. The zero-order valence-electron chi connectivity index (χ0n) is 18.1. The Morgan fingerprint density at radius 2 is 1.76 bits per heavy atom. The highest BCUT2D eigenvalue weighted by atomic mass is 16.5. The van der Waals surface area contributed by atoms with Crippen LogP contribution in [0, 0.1) is 13.8 Å². The van der Waals surface area contributed by atoms with E-state index in [9.17, 15) is 9.59 Å². The van der Waals surface area contributed by atoms with E-state index in [0.717, 1.165) is 28.1 Å². The molecule has 156 valence electrons. The van der Waals surface area contributed by atoms with Crippen LogP contribution in [0.3, 0.4) is 0 Å². The fourth-order valence-corrected chi connectivity index (χ4v) is 3.08. The minimum atomic E-state index is -0.462. The van der Waals surface area contributed by atoms with Gasteiger partial charge in [-0.05, 0) is 58.0 Å². The van der Waals surface area contributed by atoms with Gasteiger partial charge in [0, 0.05) is 11.3 Å². The third-order valence-electron chi connectivity index (χ3n) is 5.28. The second-order valence-electron chi connectivity index (χ2n) is 7.36. The van der Waals surface area contributed by atoms with Gasteiger partial charge in [-0.3, -0.25) is 14.5 Å². The quantitative estimate of drug-likeness (QED) is 0.716. The number of nitrogens with one attached hydrogen (secondary N) is 2. The van der Waals surface area contributed by atoms with Gasteiger partial charge in [0.05, 0.1) is 25.7 Å². The molecule has 2 unspecified atom stereocenters. The summed E-state index contributed by atoms with van der Waals surface area (Å²) in [6.45, 7) is 7.80. The molecule has 29 heavy (non-hydrogen) atoms. The van der Waals surface area contributed by atoms with Gasteiger partial charge in [-0.15, -0.1) is 0 Å². The number of amides is 2. The van der Waals surface area contributed by atoms with E-state index in [-0.39, 0.29) is 24.4 Å². The van der Waals surface area contributed by atoms with Crippen LogP contribution in [0.2, 0.25) is 0 Å². The van der Waals surface area contributed by atoms with Crippen molar-refractivity contribution in [3.05, 3.63) is 59.2 Å². The van der Waals surface area contributed by atoms with E-state index in [2.05, 4.69) is 10.6 Å². The van der Waals surface area contributed by atoms with Gasteiger partial charge < -0.3 is 15.4 Å². The molecule has 2 rings (SSSR count). The molecule has 2 aromatic carbocycles. The standard InChI is InChI=1S/C23H31N3O3/c1-15-10-9-12-20(16(15)2)25-22(27)14-26(5)18(4)23(28)24-17(3)19-11-7-8-13-21(19)29-6/h7-13,17-18H,14H2,1-6H3,(H,24,28)(H,25,27). The molecule has 2 amide bonds. The van der Waals surface area contributed by atoms with Gasteiger partial charge in [0.15, 0.2) is 0 Å². The highest BCUT2D eigenvalue weighted by Crippen LogP contribution is 2.24. The predicted octanol–water partition coefficient (Wildman–Crippen LogP) is 3.45. The molecule has 0 spiro atoms. The van der Waals surface area contributed by atoms with Crippen molar-refractivity contribution >= 4 is 17.5 Å². The largest absolute Gasteiger partial charge is 0.496 e. The number of hydrogen-bond donors (Lipinski definition) is 2. The summed E-state index contributed by atoms with van der Waals surface area (Å²) < 4.78 is 5.37. The van der Waals surface area contributed by atoms with E-state index in [0.29, 0.717) is 0 Å². The lowest BCUT2D eigenvalue weighted by atomic mass is 10.1. The summed E-state index contributed by atoms with van der Waals surface area (Å²) >= 11 is 0. The Labute approximate surface area is 173 Å². The first-order chi connectivity index (χ1) is 13.7. The van der Waals surface area contributed by atoms with E-state index in [4.69, 9.17) is 4.74 Å². The summed E-state index contributed by atoms with van der Waals surface area (Å²) in [5.41, 5.74) is 3.87. The summed E-state index contributed by atoms with van der Waals surface area (Å²) in [6, 6.07) is 12.7. The summed E-state index contributed by atoms with van der Waals surface area (Å²) in [5.74, 6) is 0.429. The Hall–Kier alpha value is -2.86. The number of ether oxygens (including phenoxy) is 1. The van der Waals surface area contributed by atoms with Crippen LogP contribution >= 0.6 is 0 Å². The number of aryl methyl sites for hydroxylation is 1. The number of carbonyl (C=O) groups is 2. The Bertz CT molecular complexity index is 866. The maximum absolute atomic E-state index is 12.7. The predicted molar refractivity (Wildman–Crippen MR) is 116 cm³/mol. The summed E-state index contributed by atoms with van der Waals surface area (Å²) in [6.07, 6.45) is 0. The van der Waals surface area contributed by atoms with Gasteiger partial charge in [-0.2, -0.15) is 0 Å². The molecule has 2 N–H and O–H groups in total. The molecule has 2 atom stereocenters. The Kier molecular flexibility index (Phi) is 7.79. The van der Waals surface area contributed by atoms with Crippen LogP contribution in [-0.4, -0.2) is 43.5 Å². The SMILES string of the molecule is COc1ccccc1C(C)NC(=O)C(C)N(C)CC(=O)Nc1cccc(C)c1C. The molecular weight excluding hydrogens is 366 g/mol. The van der Waals surface area contributed by atoms with Gasteiger partial charge in [-0.1, -0.05) is 30.3 Å². The maximum atomic E-state index is 12.7. The van der Waals surface area contributed by atoms with Crippen LogP contribution in [0.25, 0.3) is 0 Å². The van der Waals surface area contributed by atoms with Crippen molar-refractivity contribution in [2.45, 2.75) is 39.8 Å². The molecule has 6 nitrogen and oxygen atoms in total. The monoisotopic (exact) mass is 397 g/mol. The van der Waals surface area contributed by atoms with Crippen molar-refractivity contribution in [3.8, 4) is 5.75 Å². The molecule has 2 aromatic rings. The summed E-state index contributed by atoms with van der Waals surface area (Å²) in [4.78, 5) is 26.8. The number of methoxy groups -OCH3 is 1. The molecule has 0 aliphatic carbocycles. The zero-order valence-corrected chi connectivity index (χ0v) is 18.1. The van der Waals surface area contributed by atoms with Gasteiger partial charge in [0.1, 0.15) is 5.75 Å². The third kappa shape index (κ3) is 5.81. The minimum Gasteiger partial charge on any atom is -0.496 e. The van der Waals surface area contributed by atoms with Crippen molar-refractivity contribution in [2.24, 2.45) is 0 Å². The Balaban J connectivity index is 1.94. The second-order valence-corrected chi connectivity index (χ2v) is 7.36. The average Bonchev–Trinajstić information content (AvgIpc) is 2.70. The molecule has 0 saturated heterocycles. The molecule has 0 aliphatic rings. The number of benzene rings is 2. The highest BCUT2D eigenvalue weighted by Gasteiger charge is 2.23. The Morgan fingerprint density at radius 3 is 2.45 bits per heavy atom. The first-order valence-corrected chi connectivity index (χ1v) is 9.74. The van der Waals surface area contributed by atoms with E-state index < -0.39 is 6.04 Å². The lowest BCUT2D eigenvalue weighted by Crippen LogP contribution is -2.46. The van der Waals surface area contributed by atoms with Crippen molar-refractivity contribution < 1.29 is 14.3 Å². The van der Waals surface area contributed by atoms with Crippen LogP contribution in [0.15, 0.2) is 42.5 Å². The Morgan fingerprint density at radius 1 is 1.07 bits per heavy atom. The normalized spacial score (nSPS) is 12.9. The smallest absolute Gasteiger partial charge is 0.238 e. The van der Waals surface area contributed by atoms with Gasteiger partial charge in [-0.25, -0.2) is 0 Å². The molecule has 0 saturated carbocycles. The van der Waals surface area contributed by atoms with Gasteiger partial charge >= 0.3 is 0 Å². The molecule has 6 heteroatoms. The van der Waals surface area contributed by atoms with E-state index >= 15 is 0 Å². The third-order valence-corrected chi connectivity index (χ3v) is 5.28. The topological polar surface area (TPSA) is 70.7 Å². The van der Waals surface area contributed by atoms with Crippen LogP contribution in [0.5, 0.6) is 5.75 Å². The van der Waals surface area contributed by atoms with E-state index in [1.54, 1.807) is 26.0 Å². The van der Waals surface area contributed by atoms with Gasteiger partial charge in [0.25, 0.3) is 0 Å². The molecule has 0 heterocycles. The lowest BCUT2D eigenvalue weighted by molar-refractivity contribution is -0.127. The van der Waals surface area contributed by atoms with Crippen molar-refractivity contribution in [1.29, 1.82) is 0 Å². The first kappa shape index (κ1) is 22.4. The number of hydrogen-bond acceptors (Lipinski definition) is 4. The number of carbonyl (C=O) groups excluding carboxylic acids is 2. The fraction of sp³-hybridized carbons (Fsp3) is 0.391. The van der Waals surface area contributed by atoms with Crippen molar-refractivity contribution in [2.75, 3.05) is 26.0 Å². The fourth-order valence-electron chi connectivity index (χ4n) is 3.08.